The number of sulfonamides is 1. The van der Waals surface area contributed by atoms with Crippen molar-refractivity contribution in [1.29, 1.82) is 0 Å². The summed E-state index contributed by atoms with van der Waals surface area (Å²) in [7, 11) is -3.60. The molecule has 2 rings (SSSR count). The molecule has 1 atom stereocenters. The summed E-state index contributed by atoms with van der Waals surface area (Å²) < 4.78 is 27.7. The third-order valence-corrected chi connectivity index (χ3v) is 5.58. The van der Waals surface area contributed by atoms with Gasteiger partial charge in [-0.3, -0.25) is 4.79 Å². The van der Waals surface area contributed by atoms with E-state index in [-0.39, 0.29) is 24.0 Å². The molecule has 2 heterocycles. The lowest BCUT2D eigenvalue weighted by molar-refractivity contribution is -0.144. The van der Waals surface area contributed by atoms with Crippen LogP contribution in [0, 0.1) is 18.8 Å². The average molecular weight is 301 g/mol. The SMILES string of the molecule is CCn1cc(S(=O)(=O)N2CC(C(C)C(=O)O)C2)nc1C. The van der Waals surface area contributed by atoms with E-state index in [9.17, 15) is 13.2 Å². The Balaban J connectivity index is 2.11. The summed E-state index contributed by atoms with van der Waals surface area (Å²) in [6.45, 7) is 6.43. The molecule has 112 valence electrons. The number of carboxylic acid groups (broad SMARTS) is 1. The smallest absolute Gasteiger partial charge is 0.306 e. The van der Waals surface area contributed by atoms with Crippen LogP contribution in [0.3, 0.4) is 0 Å². The summed E-state index contributed by atoms with van der Waals surface area (Å²) in [4.78, 5) is 14.9. The Morgan fingerprint density at radius 1 is 1.55 bits per heavy atom. The van der Waals surface area contributed by atoms with Gasteiger partial charge in [-0.05, 0) is 19.8 Å². The molecule has 0 bridgehead atoms. The monoisotopic (exact) mass is 301 g/mol. The molecule has 0 aromatic carbocycles. The predicted molar refractivity (Wildman–Crippen MR) is 71.7 cm³/mol. The Morgan fingerprint density at radius 3 is 2.60 bits per heavy atom. The maximum absolute atomic E-state index is 12.3. The van der Waals surface area contributed by atoms with Crippen molar-refractivity contribution in [2.24, 2.45) is 11.8 Å². The van der Waals surface area contributed by atoms with Gasteiger partial charge in [-0.2, -0.15) is 4.31 Å². The zero-order valence-electron chi connectivity index (χ0n) is 11.8. The molecule has 1 aromatic rings. The van der Waals surface area contributed by atoms with Crippen molar-refractivity contribution >= 4 is 16.0 Å². The average Bonchev–Trinajstić information content (AvgIpc) is 2.68. The van der Waals surface area contributed by atoms with E-state index in [1.54, 1.807) is 18.4 Å². The lowest BCUT2D eigenvalue weighted by Gasteiger charge is -2.39. The fourth-order valence-electron chi connectivity index (χ4n) is 2.24. The van der Waals surface area contributed by atoms with Gasteiger partial charge in [0.1, 0.15) is 5.82 Å². The summed E-state index contributed by atoms with van der Waals surface area (Å²) in [6, 6.07) is 0. The Morgan fingerprint density at radius 2 is 2.15 bits per heavy atom. The number of aliphatic carboxylic acids is 1. The molecule has 1 fully saturated rings. The largest absolute Gasteiger partial charge is 0.481 e. The van der Waals surface area contributed by atoms with Crippen LogP contribution in [0.15, 0.2) is 11.2 Å². The van der Waals surface area contributed by atoms with Crippen LogP contribution in [-0.4, -0.2) is 46.4 Å². The van der Waals surface area contributed by atoms with Gasteiger partial charge in [-0.25, -0.2) is 13.4 Å². The van der Waals surface area contributed by atoms with Crippen LogP contribution in [0.25, 0.3) is 0 Å². The predicted octanol–water partition coefficient (Wildman–Crippen LogP) is 0.553. The summed E-state index contributed by atoms with van der Waals surface area (Å²) in [6.07, 6.45) is 1.53. The van der Waals surface area contributed by atoms with E-state index in [1.807, 2.05) is 6.92 Å². The molecule has 0 spiro atoms. The standard InChI is InChI=1S/C12H19N3O4S/c1-4-14-7-11(13-9(14)3)20(18,19)15-5-10(6-15)8(2)12(16)17/h7-8,10H,4-6H2,1-3H3,(H,16,17). The minimum absolute atomic E-state index is 0.0401. The first kappa shape index (κ1) is 15.0. The number of carbonyl (C=O) groups is 1. The molecule has 1 aliphatic heterocycles. The number of aryl methyl sites for hydroxylation is 2. The second kappa shape index (κ2) is 5.17. The molecule has 1 N–H and O–H groups in total. The molecule has 0 radical (unpaired) electrons. The highest BCUT2D eigenvalue weighted by molar-refractivity contribution is 7.89. The van der Waals surface area contributed by atoms with E-state index < -0.39 is 21.9 Å². The van der Waals surface area contributed by atoms with Crippen LogP contribution in [0.4, 0.5) is 0 Å². The van der Waals surface area contributed by atoms with E-state index in [4.69, 9.17) is 5.11 Å². The van der Waals surface area contributed by atoms with Crippen molar-refractivity contribution in [1.82, 2.24) is 13.9 Å². The molecule has 8 heteroatoms. The first-order valence-corrected chi connectivity index (χ1v) is 7.98. The highest BCUT2D eigenvalue weighted by Crippen LogP contribution is 2.29. The minimum atomic E-state index is -3.60. The van der Waals surface area contributed by atoms with Crippen molar-refractivity contribution in [2.45, 2.75) is 32.3 Å². The zero-order chi connectivity index (χ0) is 15.1. The highest BCUT2D eigenvalue weighted by Gasteiger charge is 2.42. The lowest BCUT2D eigenvalue weighted by atomic mass is 9.89. The minimum Gasteiger partial charge on any atom is -0.481 e. The van der Waals surface area contributed by atoms with Gasteiger partial charge in [-0.1, -0.05) is 6.92 Å². The van der Waals surface area contributed by atoms with Crippen LogP contribution >= 0.6 is 0 Å². The molecule has 1 unspecified atom stereocenters. The molecule has 1 aliphatic rings. The first-order chi connectivity index (χ1) is 9.27. The molecule has 0 amide bonds. The van der Waals surface area contributed by atoms with E-state index in [0.717, 1.165) is 0 Å². The number of hydrogen-bond acceptors (Lipinski definition) is 4. The quantitative estimate of drug-likeness (QED) is 0.857. The number of aromatic nitrogens is 2. The topological polar surface area (TPSA) is 92.5 Å². The normalized spacial score (nSPS) is 18.8. The van der Waals surface area contributed by atoms with Crippen molar-refractivity contribution in [3.63, 3.8) is 0 Å². The van der Waals surface area contributed by atoms with Gasteiger partial charge in [0.05, 0.1) is 5.92 Å². The third-order valence-electron chi connectivity index (χ3n) is 3.87. The number of imidazole rings is 1. The number of nitrogens with zero attached hydrogens (tertiary/aromatic N) is 3. The molecule has 1 aromatic heterocycles. The lowest BCUT2D eigenvalue weighted by Crippen LogP contribution is -2.53. The maximum atomic E-state index is 12.3. The van der Waals surface area contributed by atoms with Crippen LogP contribution in [0.1, 0.15) is 19.7 Å². The van der Waals surface area contributed by atoms with Gasteiger partial charge in [0.15, 0.2) is 5.03 Å². The summed E-state index contributed by atoms with van der Waals surface area (Å²) in [5, 5.41) is 8.95. The van der Waals surface area contributed by atoms with Crippen LogP contribution in [0.5, 0.6) is 0 Å². The van der Waals surface area contributed by atoms with Crippen LogP contribution in [-0.2, 0) is 21.4 Å². The van der Waals surface area contributed by atoms with Crippen molar-refractivity contribution in [2.75, 3.05) is 13.1 Å². The van der Waals surface area contributed by atoms with E-state index in [1.165, 1.54) is 10.5 Å². The van der Waals surface area contributed by atoms with Crippen LogP contribution < -0.4 is 0 Å². The van der Waals surface area contributed by atoms with Gasteiger partial charge in [0.25, 0.3) is 10.0 Å². The number of rotatable bonds is 5. The van der Waals surface area contributed by atoms with Crippen molar-refractivity contribution < 1.29 is 18.3 Å². The van der Waals surface area contributed by atoms with E-state index in [0.29, 0.717) is 12.4 Å². The van der Waals surface area contributed by atoms with Crippen molar-refractivity contribution in [3.05, 3.63) is 12.0 Å². The Labute approximate surface area is 118 Å². The van der Waals surface area contributed by atoms with Gasteiger partial charge < -0.3 is 9.67 Å². The molecule has 20 heavy (non-hydrogen) atoms. The highest BCUT2D eigenvalue weighted by atomic mass is 32.2. The number of carboxylic acids is 1. The number of hydrogen-bond donors (Lipinski definition) is 1. The van der Waals surface area contributed by atoms with E-state index >= 15 is 0 Å². The molecule has 0 aliphatic carbocycles. The Bertz CT molecular complexity index is 617. The van der Waals surface area contributed by atoms with Gasteiger partial charge >= 0.3 is 5.97 Å². The van der Waals surface area contributed by atoms with Crippen LogP contribution in [0.2, 0.25) is 0 Å². The fourth-order valence-corrected chi connectivity index (χ4v) is 3.79. The molecular weight excluding hydrogens is 282 g/mol. The summed E-state index contributed by atoms with van der Waals surface area (Å²) in [5.41, 5.74) is 0. The molecular formula is C12H19N3O4S. The fraction of sp³-hybridized carbons (Fsp3) is 0.667. The molecule has 0 saturated carbocycles. The van der Waals surface area contributed by atoms with Gasteiger partial charge in [0.2, 0.25) is 0 Å². The Hall–Kier alpha value is -1.41. The second-order valence-electron chi connectivity index (χ2n) is 5.12. The Kier molecular flexibility index (Phi) is 3.88. The molecule has 7 nitrogen and oxygen atoms in total. The van der Waals surface area contributed by atoms with Gasteiger partial charge in [0, 0.05) is 25.8 Å². The molecule has 1 saturated heterocycles. The maximum Gasteiger partial charge on any atom is 0.306 e. The second-order valence-corrected chi connectivity index (χ2v) is 7.01. The van der Waals surface area contributed by atoms with E-state index in [2.05, 4.69) is 4.98 Å². The zero-order valence-corrected chi connectivity index (χ0v) is 12.6. The van der Waals surface area contributed by atoms with Gasteiger partial charge in [-0.15, -0.1) is 0 Å². The first-order valence-electron chi connectivity index (χ1n) is 6.54. The summed E-state index contributed by atoms with van der Waals surface area (Å²) in [5.74, 6) is -0.895. The summed E-state index contributed by atoms with van der Waals surface area (Å²) >= 11 is 0. The third kappa shape index (κ3) is 2.45. The van der Waals surface area contributed by atoms with Crippen molar-refractivity contribution in [3.8, 4) is 0 Å².